The first-order chi connectivity index (χ1) is 10.1. The Hall–Kier alpha value is -1.50. The SMILES string of the molecule is CNCCCNC(=O)c1ccc2c(c1)NC(=O)CCN2C.Cl.Cl. The Balaban J connectivity index is 0.00000242. The highest BCUT2D eigenvalue weighted by Gasteiger charge is 2.18. The van der Waals surface area contributed by atoms with Gasteiger partial charge in [-0.2, -0.15) is 0 Å². The molecule has 8 heteroatoms. The standard InChI is InChI=1S/C15H22N4O2.2ClH/c1-16-7-3-8-17-15(21)11-4-5-13-12(10-11)18-14(20)6-9-19(13)2;;/h4-5,10,16H,3,6-9H2,1-2H3,(H,17,21)(H,18,20);2*1H. The molecule has 3 N–H and O–H groups in total. The average Bonchev–Trinajstić information content (AvgIpc) is 2.62. The molecular weight excluding hydrogens is 339 g/mol. The number of benzene rings is 1. The minimum absolute atomic E-state index is 0. The van der Waals surface area contributed by atoms with Gasteiger partial charge in [-0.05, 0) is 38.2 Å². The molecule has 1 aromatic rings. The van der Waals surface area contributed by atoms with Gasteiger partial charge in [0.05, 0.1) is 11.4 Å². The van der Waals surface area contributed by atoms with Crippen LogP contribution in [-0.2, 0) is 4.79 Å². The van der Waals surface area contributed by atoms with Crippen LogP contribution in [0.25, 0.3) is 0 Å². The van der Waals surface area contributed by atoms with Gasteiger partial charge in [0.2, 0.25) is 5.91 Å². The predicted molar refractivity (Wildman–Crippen MR) is 98.3 cm³/mol. The van der Waals surface area contributed by atoms with Crippen molar-refractivity contribution in [3.05, 3.63) is 23.8 Å². The van der Waals surface area contributed by atoms with E-state index in [2.05, 4.69) is 16.0 Å². The number of anilines is 2. The molecule has 0 saturated heterocycles. The summed E-state index contributed by atoms with van der Waals surface area (Å²) in [5, 5.41) is 8.76. The minimum Gasteiger partial charge on any atom is -0.372 e. The highest BCUT2D eigenvalue weighted by molar-refractivity contribution is 6.00. The zero-order valence-corrected chi connectivity index (χ0v) is 15.0. The van der Waals surface area contributed by atoms with Gasteiger partial charge in [0.15, 0.2) is 0 Å². The van der Waals surface area contributed by atoms with Crippen LogP contribution >= 0.6 is 24.8 Å². The van der Waals surface area contributed by atoms with Crippen LogP contribution in [0, 0.1) is 0 Å². The lowest BCUT2D eigenvalue weighted by atomic mass is 10.1. The van der Waals surface area contributed by atoms with Crippen molar-refractivity contribution in [1.29, 1.82) is 0 Å². The zero-order chi connectivity index (χ0) is 15.2. The van der Waals surface area contributed by atoms with E-state index in [9.17, 15) is 9.59 Å². The first kappa shape index (κ1) is 21.5. The van der Waals surface area contributed by atoms with Crippen molar-refractivity contribution in [2.45, 2.75) is 12.8 Å². The highest BCUT2D eigenvalue weighted by Crippen LogP contribution is 2.28. The third-order valence-electron chi connectivity index (χ3n) is 3.51. The first-order valence-corrected chi connectivity index (χ1v) is 7.19. The third kappa shape index (κ3) is 5.89. The normalized spacial score (nSPS) is 13.0. The van der Waals surface area contributed by atoms with E-state index in [1.807, 2.05) is 25.1 Å². The quantitative estimate of drug-likeness (QED) is 0.696. The second-order valence-electron chi connectivity index (χ2n) is 5.16. The number of carbonyl (C=O) groups is 2. The molecule has 1 heterocycles. The van der Waals surface area contributed by atoms with Gasteiger partial charge in [0, 0.05) is 32.1 Å². The summed E-state index contributed by atoms with van der Waals surface area (Å²) in [5.74, 6) is -0.137. The summed E-state index contributed by atoms with van der Waals surface area (Å²) >= 11 is 0. The van der Waals surface area contributed by atoms with Crippen molar-refractivity contribution in [2.24, 2.45) is 0 Å². The van der Waals surface area contributed by atoms with Gasteiger partial charge >= 0.3 is 0 Å². The van der Waals surface area contributed by atoms with Crippen LogP contribution in [0.4, 0.5) is 11.4 Å². The van der Waals surface area contributed by atoms with E-state index < -0.39 is 0 Å². The van der Waals surface area contributed by atoms with Crippen molar-refractivity contribution < 1.29 is 9.59 Å². The van der Waals surface area contributed by atoms with E-state index >= 15 is 0 Å². The topological polar surface area (TPSA) is 73.5 Å². The number of carbonyl (C=O) groups excluding carboxylic acids is 2. The van der Waals surface area contributed by atoms with Crippen LogP contribution in [0.5, 0.6) is 0 Å². The largest absolute Gasteiger partial charge is 0.372 e. The number of nitrogens with zero attached hydrogens (tertiary/aromatic N) is 1. The Bertz CT molecular complexity index is 540. The molecule has 1 aromatic carbocycles. The number of nitrogens with one attached hydrogen (secondary N) is 3. The number of amides is 2. The molecule has 6 nitrogen and oxygen atoms in total. The Morgan fingerprint density at radius 2 is 2.04 bits per heavy atom. The summed E-state index contributed by atoms with van der Waals surface area (Å²) in [7, 11) is 3.82. The van der Waals surface area contributed by atoms with Crippen molar-refractivity contribution in [2.75, 3.05) is 43.9 Å². The predicted octanol–water partition coefficient (Wildman–Crippen LogP) is 1.65. The van der Waals surface area contributed by atoms with Crippen molar-refractivity contribution >= 4 is 48.0 Å². The molecule has 130 valence electrons. The Kier molecular flexibility index (Phi) is 9.64. The monoisotopic (exact) mass is 362 g/mol. The second-order valence-corrected chi connectivity index (χ2v) is 5.16. The van der Waals surface area contributed by atoms with Crippen LogP contribution < -0.4 is 20.9 Å². The molecule has 0 spiro atoms. The van der Waals surface area contributed by atoms with Crippen molar-refractivity contribution in [3.8, 4) is 0 Å². The maximum atomic E-state index is 12.1. The summed E-state index contributed by atoms with van der Waals surface area (Å²) in [5.41, 5.74) is 2.20. The lowest BCUT2D eigenvalue weighted by Crippen LogP contribution is -2.26. The van der Waals surface area contributed by atoms with Gasteiger partial charge in [0.25, 0.3) is 5.91 Å². The summed E-state index contributed by atoms with van der Waals surface area (Å²) in [6.07, 6.45) is 1.34. The summed E-state index contributed by atoms with van der Waals surface area (Å²) in [6, 6.07) is 5.41. The van der Waals surface area contributed by atoms with Crippen LogP contribution in [0.15, 0.2) is 18.2 Å². The van der Waals surface area contributed by atoms with E-state index in [0.29, 0.717) is 30.8 Å². The van der Waals surface area contributed by atoms with E-state index in [0.717, 1.165) is 18.7 Å². The van der Waals surface area contributed by atoms with E-state index in [4.69, 9.17) is 0 Å². The molecule has 1 aliphatic rings. The number of rotatable bonds is 5. The maximum Gasteiger partial charge on any atom is 0.251 e. The molecule has 2 amide bonds. The van der Waals surface area contributed by atoms with Crippen LogP contribution in [-0.4, -0.2) is 45.5 Å². The van der Waals surface area contributed by atoms with Crippen molar-refractivity contribution in [1.82, 2.24) is 10.6 Å². The molecular formula is C15H24Cl2N4O2. The van der Waals surface area contributed by atoms with Crippen LogP contribution in [0.1, 0.15) is 23.2 Å². The summed E-state index contributed by atoms with van der Waals surface area (Å²) in [6.45, 7) is 2.17. The maximum absolute atomic E-state index is 12.1. The molecule has 2 rings (SSSR count). The smallest absolute Gasteiger partial charge is 0.251 e. The molecule has 0 atom stereocenters. The molecule has 23 heavy (non-hydrogen) atoms. The van der Waals surface area contributed by atoms with Gasteiger partial charge < -0.3 is 20.9 Å². The number of hydrogen-bond acceptors (Lipinski definition) is 4. The zero-order valence-electron chi connectivity index (χ0n) is 13.3. The van der Waals surface area contributed by atoms with Gasteiger partial charge in [-0.15, -0.1) is 24.8 Å². The highest BCUT2D eigenvalue weighted by atomic mass is 35.5. The summed E-state index contributed by atoms with van der Waals surface area (Å²) < 4.78 is 0. The second kappa shape index (κ2) is 10.3. The van der Waals surface area contributed by atoms with Gasteiger partial charge in [-0.3, -0.25) is 9.59 Å². The molecule has 0 aromatic heterocycles. The molecule has 0 fully saturated rings. The number of fused-ring (bicyclic) bond motifs is 1. The van der Waals surface area contributed by atoms with Crippen LogP contribution in [0.2, 0.25) is 0 Å². The van der Waals surface area contributed by atoms with Gasteiger partial charge in [-0.25, -0.2) is 0 Å². The number of halogens is 2. The van der Waals surface area contributed by atoms with E-state index in [-0.39, 0.29) is 36.6 Å². The Morgan fingerprint density at radius 3 is 2.74 bits per heavy atom. The molecule has 0 bridgehead atoms. The van der Waals surface area contributed by atoms with Crippen molar-refractivity contribution in [3.63, 3.8) is 0 Å². The lowest BCUT2D eigenvalue weighted by Gasteiger charge is -2.18. The molecule has 0 unspecified atom stereocenters. The lowest BCUT2D eigenvalue weighted by molar-refractivity contribution is -0.115. The molecule has 0 saturated carbocycles. The number of hydrogen-bond donors (Lipinski definition) is 3. The fourth-order valence-electron chi connectivity index (χ4n) is 2.28. The van der Waals surface area contributed by atoms with E-state index in [1.54, 1.807) is 12.1 Å². The molecule has 1 aliphatic heterocycles. The Morgan fingerprint density at radius 1 is 1.30 bits per heavy atom. The van der Waals surface area contributed by atoms with Crippen LogP contribution in [0.3, 0.4) is 0 Å². The Labute approximate surface area is 149 Å². The average molecular weight is 363 g/mol. The first-order valence-electron chi connectivity index (χ1n) is 7.19. The fraction of sp³-hybridized carbons (Fsp3) is 0.467. The third-order valence-corrected chi connectivity index (χ3v) is 3.51. The summed E-state index contributed by atoms with van der Waals surface area (Å²) in [4.78, 5) is 25.8. The molecule has 0 radical (unpaired) electrons. The van der Waals surface area contributed by atoms with Gasteiger partial charge in [0.1, 0.15) is 0 Å². The molecule has 0 aliphatic carbocycles. The van der Waals surface area contributed by atoms with E-state index in [1.165, 1.54) is 0 Å². The van der Waals surface area contributed by atoms with Gasteiger partial charge in [-0.1, -0.05) is 0 Å². The fourth-order valence-corrected chi connectivity index (χ4v) is 2.28. The minimum atomic E-state index is -0.116.